The van der Waals surface area contributed by atoms with Crippen LogP contribution in [0.1, 0.15) is 11.3 Å². The summed E-state index contributed by atoms with van der Waals surface area (Å²) in [5.74, 6) is 0.612. The molecule has 0 bridgehead atoms. The van der Waals surface area contributed by atoms with Crippen LogP contribution in [0.2, 0.25) is 0 Å². The first-order chi connectivity index (χ1) is 9.81. The second-order valence-corrected chi connectivity index (χ2v) is 4.63. The number of para-hydroxylation sites is 1. The van der Waals surface area contributed by atoms with Crippen molar-refractivity contribution in [3.05, 3.63) is 59.9 Å². The first kappa shape index (κ1) is 12.7. The lowest BCUT2D eigenvalue weighted by Gasteiger charge is -2.09. The lowest BCUT2D eigenvalue weighted by Crippen LogP contribution is -2.03. The maximum atomic E-state index is 9.48. The van der Waals surface area contributed by atoms with Gasteiger partial charge in [0.1, 0.15) is 0 Å². The Bertz CT molecular complexity index is 734. The van der Waals surface area contributed by atoms with E-state index in [9.17, 15) is 5.11 Å². The van der Waals surface area contributed by atoms with Crippen LogP contribution < -0.4 is 4.74 Å². The second kappa shape index (κ2) is 5.35. The van der Waals surface area contributed by atoms with Crippen LogP contribution in [0, 0.1) is 0 Å². The molecule has 0 radical (unpaired) electrons. The van der Waals surface area contributed by atoms with Gasteiger partial charge in [-0.25, -0.2) is 4.98 Å². The van der Waals surface area contributed by atoms with Crippen LogP contribution in [0.4, 0.5) is 0 Å². The molecular weight excluding hydrogens is 252 g/mol. The van der Waals surface area contributed by atoms with Crippen molar-refractivity contribution in [1.29, 1.82) is 0 Å². The number of hydrogen-bond acceptors (Lipinski definition) is 3. The third kappa shape index (κ3) is 2.26. The van der Waals surface area contributed by atoms with Crippen LogP contribution in [0.15, 0.2) is 48.7 Å². The molecule has 0 aliphatic carbocycles. The minimum Gasteiger partial charge on any atom is -0.481 e. The summed E-state index contributed by atoms with van der Waals surface area (Å²) >= 11 is 0. The maximum absolute atomic E-state index is 9.48. The second-order valence-electron chi connectivity index (χ2n) is 4.63. The number of pyridine rings is 1. The van der Waals surface area contributed by atoms with E-state index in [1.807, 2.05) is 42.6 Å². The Morgan fingerprint density at radius 1 is 1.15 bits per heavy atom. The molecule has 1 aromatic carbocycles. The van der Waals surface area contributed by atoms with E-state index >= 15 is 0 Å². The smallest absolute Gasteiger partial charge is 0.213 e. The molecule has 0 fully saturated rings. The first-order valence-electron chi connectivity index (χ1n) is 6.49. The van der Waals surface area contributed by atoms with Crippen LogP contribution in [-0.4, -0.2) is 21.8 Å². The maximum Gasteiger partial charge on any atom is 0.213 e. The van der Waals surface area contributed by atoms with Gasteiger partial charge in [0, 0.05) is 17.8 Å². The molecule has 1 N–H and O–H groups in total. The Labute approximate surface area is 117 Å². The highest BCUT2D eigenvalue weighted by Gasteiger charge is 2.07. The van der Waals surface area contributed by atoms with Crippen LogP contribution >= 0.6 is 0 Å². The van der Waals surface area contributed by atoms with Crippen LogP contribution in [0.5, 0.6) is 5.88 Å². The summed E-state index contributed by atoms with van der Waals surface area (Å²) in [7, 11) is 1.61. The molecule has 2 aromatic heterocycles. The lowest BCUT2D eigenvalue weighted by atomic mass is 10.1. The zero-order chi connectivity index (χ0) is 13.9. The monoisotopic (exact) mass is 268 g/mol. The van der Waals surface area contributed by atoms with Gasteiger partial charge in [0.25, 0.3) is 0 Å². The van der Waals surface area contributed by atoms with Crippen molar-refractivity contribution < 1.29 is 9.84 Å². The fourth-order valence-corrected chi connectivity index (χ4v) is 2.43. The van der Waals surface area contributed by atoms with E-state index in [4.69, 9.17) is 4.74 Å². The molecule has 0 saturated heterocycles. The van der Waals surface area contributed by atoms with E-state index in [2.05, 4.69) is 15.6 Å². The number of ether oxygens (including phenoxy) is 1. The number of nitrogens with zero attached hydrogens (tertiary/aromatic N) is 2. The zero-order valence-corrected chi connectivity index (χ0v) is 11.3. The van der Waals surface area contributed by atoms with Gasteiger partial charge >= 0.3 is 0 Å². The molecule has 4 nitrogen and oxygen atoms in total. The summed E-state index contributed by atoms with van der Waals surface area (Å²) < 4.78 is 7.25. The largest absolute Gasteiger partial charge is 0.481 e. The number of rotatable bonds is 4. The van der Waals surface area contributed by atoms with Crippen LogP contribution in [0.25, 0.3) is 10.9 Å². The normalized spacial score (nSPS) is 10.9. The molecule has 0 atom stereocenters. The molecule has 0 amide bonds. The van der Waals surface area contributed by atoms with Crippen molar-refractivity contribution in [2.75, 3.05) is 7.11 Å². The number of aromatic nitrogens is 2. The topological polar surface area (TPSA) is 47.3 Å². The Morgan fingerprint density at radius 2 is 2.00 bits per heavy atom. The number of benzene rings is 1. The first-order valence-corrected chi connectivity index (χ1v) is 6.49. The highest BCUT2D eigenvalue weighted by Crippen LogP contribution is 2.21. The molecule has 102 valence electrons. The SMILES string of the molecule is COc1cccc(Cn2ccc3cccc(CO)c32)n1. The molecule has 0 saturated carbocycles. The van der Waals surface area contributed by atoms with Gasteiger partial charge in [-0.05, 0) is 17.5 Å². The highest BCUT2D eigenvalue weighted by atomic mass is 16.5. The minimum atomic E-state index is 0.0346. The van der Waals surface area contributed by atoms with Gasteiger partial charge in [0.15, 0.2) is 0 Å². The molecule has 20 heavy (non-hydrogen) atoms. The number of aliphatic hydroxyl groups excluding tert-OH is 1. The Morgan fingerprint density at radius 3 is 2.80 bits per heavy atom. The van der Waals surface area contributed by atoms with Gasteiger partial charge in [-0.1, -0.05) is 24.3 Å². The lowest BCUT2D eigenvalue weighted by molar-refractivity contribution is 0.283. The number of fused-ring (bicyclic) bond motifs is 1. The van der Waals surface area contributed by atoms with Gasteiger partial charge in [0.05, 0.1) is 31.5 Å². The number of methoxy groups -OCH3 is 1. The van der Waals surface area contributed by atoms with Gasteiger partial charge in [0.2, 0.25) is 5.88 Å². The van der Waals surface area contributed by atoms with Crippen molar-refractivity contribution in [2.45, 2.75) is 13.2 Å². The summed E-state index contributed by atoms with van der Waals surface area (Å²) in [6, 6.07) is 13.7. The molecule has 3 rings (SSSR count). The van der Waals surface area contributed by atoms with Crippen molar-refractivity contribution >= 4 is 10.9 Å². The van der Waals surface area contributed by atoms with E-state index in [1.54, 1.807) is 7.11 Å². The average Bonchev–Trinajstić information content (AvgIpc) is 2.90. The van der Waals surface area contributed by atoms with Crippen molar-refractivity contribution in [3.63, 3.8) is 0 Å². The fraction of sp³-hybridized carbons (Fsp3) is 0.188. The number of aliphatic hydroxyl groups is 1. The summed E-state index contributed by atoms with van der Waals surface area (Å²) in [5.41, 5.74) is 2.91. The molecule has 0 aliphatic rings. The van der Waals surface area contributed by atoms with Gasteiger partial charge in [-0.2, -0.15) is 0 Å². The zero-order valence-electron chi connectivity index (χ0n) is 11.3. The minimum absolute atomic E-state index is 0.0346. The van der Waals surface area contributed by atoms with Crippen molar-refractivity contribution in [2.24, 2.45) is 0 Å². The van der Waals surface area contributed by atoms with Crippen molar-refractivity contribution in [1.82, 2.24) is 9.55 Å². The molecule has 3 aromatic rings. The molecule has 0 aliphatic heterocycles. The van der Waals surface area contributed by atoms with Gasteiger partial charge in [-0.3, -0.25) is 0 Å². The van der Waals surface area contributed by atoms with E-state index in [0.717, 1.165) is 22.2 Å². The summed E-state index contributed by atoms with van der Waals surface area (Å²) in [6.45, 7) is 0.685. The Balaban J connectivity index is 2.02. The summed E-state index contributed by atoms with van der Waals surface area (Å²) in [6.07, 6.45) is 2.02. The highest BCUT2D eigenvalue weighted by molar-refractivity contribution is 5.83. The molecule has 4 heteroatoms. The van der Waals surface area contributed by atoms with E-state index in [1.165, 1.54) is 0 Å². The quantitative estimate of drug-likeness (QED) is 0.791. The third-order valence-corrected chi connectivity index (χ3v) is 3.37. The summed E-state index contributed by atoms with van der Waals surface area (Å²) in [4.78, 5) is 4.42. The van der Waals surface area contributed by atoms with Crippen LogP contribution in [-0.2, 0) is 13.2 Å². The average molecular weight is 268 g/mol. The van der Waals surface area contributed by atoms with E-state index in [-0.39, 0.29) is 6.61 Å². The van der Waals surface area contributed by atoms with Crippen LogP contribution in [0.3, 0.4) is 0 Å². The third-order valence-electron chi connectivity index (χ3n) is 3.37. The molecule has 0 unspecified atom stereocenters. The standard InChI is InChI=1S/C16H16N2O2/c1-20-15-7-3-6-14(17-15)10-18-9-8-12-4-2-5-13(11-19)16(12)18/h2-9,19H,10-11H2,1H3. The Kier molecular flexibility index (Phi) is 3.39. The molecule has 0 spiro atoms. The van der Waals surface area contributed by atoms with Gasteiger partial charge in [-0.15, -0.1) is 0 Å². The van der Waals surface area contributed by atoms with E-state index < -0.39 is 0 Å². The Hall–Kier alpha value is -2.33. The predicted molar refractivity (Wildman–Crippen MR) is 77.8 cm³/mol. The number of hydrogen-bond donors (Lipinski definition) is 1. The van der Waals surface area contributed by atoms with Crippen molar-refractivity contribution in [3.8, 4) is 5.88 Å². The fourth-order valence-electron chi connectivity index (χ4n) is 2.43. The summed E-state index contributed by atoms with van der Waals surface area (Å²) in [5, 5.41) is 10.6. The molecular formula is C16H16N2O2. The van der Waals surface area contributed by atoms with Gasteiger partial charge < -0.3 is 14.4 Å². The molecule has 2 heterocycles. The van der Waals surface area contributed by atoms with E-state index in [0.29, 0.717) is 12.4 Å². The predicted octanol–water partition coefficient (Wildman–Crippen LogP) is 2.59.